The molecule has 0 aliphatic heterocycles. The van der Waals surface area contributed by atoms with Gasteiger partial charge in [0.05, 0.1) is 20.0 Å². The van der Waals surface area contributed by atoms with Gasteiger partial charge in [-0.2, -0.15) is 0 Å². The maximum Gasteiger partial charge on any atom is 0.230 e. The highest BCUT2D eigenvalue weighted by Gasteiger charge is 2.10. The van der Waals surface area contributed by atoms with Gasteiger partial charge in [0.1, 0.15) is 11.5 Å². The van der Waals surface area contributed by atoms with Crippen LogP contribution in [0.4, 0.5) is 0 Å². The third-order valence-electron chi connectivity index (χ3n) is 4.20. The second kappa shape index (κ2) is 9.85. The molecule has 28 heavy (non-hydrogen) atoms. The fraction of sp³-hybridized carbons (Fsp3) is 0.238. The van der Waals surface area contributed by atoms with E-state index in [1.807, 2.05) is 59.3 Å². The topological polar surface area (TPSA) is 65.4 Å². The van der Waals surface area contributed by atoms with E-state index < -0.39 is 0 Å². The fourth-order valence-corrected chi connectivity index (χ4v) is 3.57. The van der Waals surface area contributed by atoms with E-state index in [1.54, 1.807) is 20.4 Å². The summed E-state index contributed by atoms with van der Waals surface area (Å²) in [5.41, 5.74) is 2.05. The van der Waals surface area contributed by atoms with Crippen LogP contribution in [0.1, 0.15) is 5.56 Å². The Morgan fingerprint density at radius 2 is 1.89 bits per heavy atom. The lowest BCUT2D eigenvalue weighted by Crippen LogP contribution is -2.27. The third-order valence-corrected chi connectivity index (χ3v) is 5.17. The van der Waals surface area contributed by atoms with Gasteiger partial charge in [-0.25, -0.2) is 4.98 Å². The van der Waals surface area contributed by atoms with Gasteiger partial charge in [-0.3, -0.25) is 9.36 Å². The molecule has 3 rings (SSSR count). The number of para-hydroxylation sites is 1. The SMILES string of the molecule is COc1ccc(-n2ccnc2SCC(=O)NCCc2ccccc2OC)cc1. The molecule has 6 nitrogen and oxygen atoms in total. The summed E-state index contributed by atoms with van der Waals surface area (Å²) < 4.78 is 12.5. The van der Waals surface area contributed by atoms with Crippen LogP contribution >= 0.6 is 11.8 Å². The lowest BCUT2D eigenvalue weighted by Gasteiger charge is -2.10. The minimum Gasteiger partial charge on any atom is -0.497 e. The molecule has 1 aromatic heterocycles. The molecule has 1 amide bonds. The van der Waals surface area contributed by atoms with E-state index in [2.05, 4.69) is 10.3 Å². The first kappa shape index (κ1) is 19.8. The van der Waals surface area contributed by atoms with E-state index in [4.69, 9.17) is 9.47 Å². The number of nitrogens with one attached hydrogen (secondary N) is 1. The molecule has 0 fully saturated rings. The molecule has 0 unspecified atom stereocenters. The Balaban J connectivity index is 1.50. The molecule has 0 spiro atoms. The maximum atomic E-state index is 12.2. The second-order valence-electron chi connectivity index (χ2n) is 5.98. The molecule has 0 saturated heterocycles. The Hall–Kier alpha value is -2.93. The Kier molecular flexibility index (Phi) is 6.97. The van der Waals surface area contributed by atoms with Gasteiger partial charge in [-0.15, -0.1) is 0 Å². The molecule has 7 heteroatoms. The van der Waals surface area contributed by atoms with Crippen molar-refractivity contribution in [2.24, 2.45) is 0 Å². The highest BCUT2D eigenvalue weighted by atomic mass is 32.2. The number of nitrogens with zero attached hydrogens (tertiary/aromatic N) is 2. The summed E-state index contributed by atoms with van der Waals surface area (Å²) in [7, 11) is 3.29. The number of rotatable bonds is 9. The number of hydrogen-bond acceptors (Lipinski definition) is 5. The molecule has 2 aromatic carbocycles. The molecular weight excluding hydrogens is 374 g/mol. The van der Waals surface area contributed by atoms with E-state index in [9.17, 15) is 4.79 Å². The number of hydrogen-bond donors (Lipinski definition) is 1. The molecule has 0 radical (unpaired) electrons. The molecule has 146 valence electrons. The van der Waals surface area contributed by atoms with Crippen molar-refractivity contribution in [1.82, 2.24) is 14.9 Å². The molecule has 0 atom stereocenters. The first-order valence-electron chi connectivity index (χ1n) is 8.90. The number of carbonyl (C=O) groups excluding carboxylic acids is 1. The standard InChI is InChI=1S/C21H23N3O3S/c1-26-18-9-7-17(8-10-18)24-14-13-23-21(24)28-15-20(25)22-12-11-16-5-3-4-6-19(16)27-2/h3-10,13-14H,11-12,15H2,1-2H3,(H,22,25). The Bertz CT molecular complexity index is 909. The fourth-order valence-electron chi connectivity index (χ4n) is 2.76. The van der Waals surface area contributed by atoms with Crippen LogP contribution in [0.3, 0.4) is 0 Å². The summed E-state index contributed by atoms with van der Waals surface area (Å²) in [5, 5.41) is 3.72. The first-order chi connectivity index (χ1) is 13.7. The van der Waals surface area contributed by atoms with Crippen LogP contribution in [-0.4, -0.2) is 42.0 Å². The van der Waals surface area contributed by atoms with E-state index in [-0.39, 0.29) is 5.91 Å². The normalized spacial score (nSPS) is 10.5. The highest BCUT2D eigenvalue weighted by molar-refractivity contribution is 7.99. The van der Waals surface area contributed by atoms with Gasteiger partial charge in [0.25, 0.3) is 0 Å². The quantitative estimate of drug-likeness (QED) is 0.561. The molecular formula is C21H23N3O3S. The molecule has 0 aliphatic rings. The van der Waals surface area contributed by atoms with Crippen molar-refractivity contribution in [3.63, 3.8) is 0 Å². The zero-order valence-electron chi connectivity index (χ0n) is 15.9. The molecule has 1 heterocycles. The summed E-state index contributed by atoms with van der Waals surface area (Å²) in [4.78, 5) is 16.6. The van der Waals surface area contributed by atoms with Crippen molar-refractivity contribution < 1.29 is 14.3 Å². The zero-order valence-corrected chi connectivity index (χ0v) is 16.7. The number of ether oxygens (including phenoxy) is 2. The Morgan fingerprint density at radius 1 is 1.11 bits per heavy atom. The van der Waals surface area contributed by atoms with Crippen LogP contribution in [0.25, 0.3) is 5.69 Å². The van der Waals surface area contributed by atoms with Crippen molar-refractivity contribution in [3.8, 4) is 17.2 Å². The van der Waals surface area contributed by atoms with Crippen LogP contribution in [0.15, 0.2) is 66.1 Å². The Labute approximate surface area is 168 Å². The summed E-state index contributed by atoms with van der Waals surface area (Å²) in [6, 6.07) is 15.5. The van der Waals surface area contributed by atoms with Crippen molar-refractivity contribution in [1.29, 1.82) is 0 Å². The molecule has 1 N–H and O–H groups in total. The lowest BCUT2D eigenvalue weighted by atomic mass is 10.1. The minimum absolute atomic E-state index is 0.0239. The van der Waals surface area contributed by atoms with Gasteiger partial charge >= 0.3 is 0 Å². The number of imidazole rings is 1. The summed E-state index contributed by atoms with van der Waals surface area (Å²) in [6.45, 7) is 0.562. The monoisotopic (exact) mass is 397 g/mol. The van der Waals surface area contributed by atoms with Crippen molar-refractivity contribution in [2.45, 2.75) is 11.6 Å². The number of thioether (sulfide) groups is 1. The van der Waals surface area contributed by atoms with E-state index >= 15 is 0 Å². The van der Waals surface area contributed by atoms with Gasteiger partial charge in [-0.1, -0.05) is 30.0 Å². The molecule has 0 bridgehead atoms. The molecule has 0 aliphatic carbocycles. The first-order valence-corrected chi connectivity index (χ1v) is 9.89. The van der Waals surface area contributed by atoms with Crippen molar-refractivity contribution in [2.75, 3.05) is 26.5 Å². The van der Waals surface area contributed by atoms with Crippen molar-refractivity contribution in [3.05, 3.63) is 66.5 Å². The number of aromatic nitrogens is 2. The van der Waals surface area contributed by atoms with Crippen molar-refractivity contribution >= 4 is 17.7 Å². The summed E-state index contributed by atoms with van der Waals surface area (Å²) in [5.74, 6) is 1.92. The predicted molar refractivity (Wildman–Crippen MR) is 111 cm³/mol. The number of carbonyl (C=O) groups is 1. The highest BCUT2D eigenvalue weighted by Crippen LogP contribution is 2.22. The van der Waals surface area contributed by atoms with Gasteiger partial charge in [0.15, 0.2) is 5.16 Å². The average molecular weight is 398 g/mol. The average Bonchev–Trinajstić information content (AvgIpc) is 3.21. The van der Waals surface area contributed by atoms with Gasteiger partial charge in [0.2, 0.25) is 5.91 Å². The number of benzene rings is 2. The third kappa shape index (κ3) is 5.07. The maximum absolute atomic E-state index is 12.2. The number of amides is 1. The van der Waals surface area contributed by atoms with Crippen LogP contribution in [0, 0.1) is 0 Å². The largest absolute Gasteiger partial charge is 0.497 e. The van der Waals surface area contributed by atoms with E-state index in [1.165, 1.54) is 11.8 Å². The Morgan fingerprint density at radius 3 is 2.64 bits per heavy atom. The van der Waals surface area contributed by atoms with E-state index in [0.29, 0.717) is 12.3 Å². The minimum atomic E-state index is -0.0239. The lowest BCUT2D eigenvalue weighted by molar-refractivity contribution is -0.118. The summed E-state index contributed by atoms with van der Waals surface area (Å²) >= 11 is 1.40. The van der Waals surface area contributed by atoms with Crippen LogP contribution in [-0.2, 0) is 11.2 Å². The summed E-state index contributed by atoms with van der Waals surface area (Å²) in [6.07, 6.45) is 4.33. The van der Waals surface area contributed by atoms with Gasteiger partial charge in [-0.05, 0) is 42.3 Å². The second-order valence-corrected chi connectivity index (χ2v) is 6.92. The molecule has 3 aromatic rings. The van der Waals surface area contributed by atoms with E-state index in [0.717, 1.165) is 34.3 Å². The van der Waals surface area contributed by atoms with Crippen LogP contribution in [0.2, 0.25) is 0 Å². The zero-order chi connectivity index (χ0) is 19.8. The van der Waals surface area contributed by atoms with Gasteiger partial charge in [0, 0.05) is 24.6 Å². The molecule has 0 saturated carbocycles. The predicted octanol–water partition coefficient (Wildman–Crippen LogP) is 3.34. The smallest absolute Gasteiger partial charge is 0.230 e. The van der Waals surface area contributed by atoms with Crippen LogP contribution < -0.4 is 14.8 Å². The number of methoxy groups -OCH3 is 2. The van der Waals surface area contributed by atoms with Gasteiger partial charge < -0.3 is 14.8 Å². The van der Waals surface area contributed by atoms with Crippen LogP contribution in [0.5, 0.6) is 11.5 Å².